The fourth-order valence-electron chi connectivity index (χ4n) is 2.41. The molecule has 1 amide bonds. The van der Waals surface area contributed by atoms with E-state index in [-0.39, 0.29) is 17.8 Å². The average molecular weight is 395 g/mol. The summed E-state index contributed by atoms with van der Waals surface area (Å²) in [5.41, 5.74) is 0.393. The predicted octanol–water partition coefficient (Wildman–Crippen LogP) is 2.90. The maximum Gasteiger partial charge on any atom is 0.272 e. The summed E-state index contributed by atoms with van der Waals surface area (Å²) in [5.74, 6) is 0.123. The number of nitrogens with zero attached hydrogens (tertiary/aromatic N) is 2. The quantitative estimate of drug-likeness (QED) is 0.748. The molecule has 126 valence electrons. The van der Waals surface area contributed by atoms with Gasteiger partial charge in [0.2, 0.25) is 0 Å². The van der Waals surface area contributed by atoms with Crippen LogP contribution in [0.4, 0.5) is 4.39 Å². The second-order valence-corrected chi connectivity index (χ2v) is 6.17. The largest absolute Gasteiger partial charge is 0.491 e. The first-order valence-corrected chi connectivity index (χ1v) is 8.33. The molecule has 1 aliphatic heterocycles. The lowest BCUT2D eigenvalue weighted by Crippen LogP contribution is -2.47. The van der Waals surface area contributed by atoms with Crippen molar-refractivity contribution in [2.75, 3.05) is 26.3 Å². The molecule has 2 aromatic rings. The van der Waals surface area contributed by atoms with Gasteiger partial charge in [-0.3, -0.25) is 4.79 Å². The van der Waals surface area contributed by atoms with Gasteiger partial charge in [0.05, 0.1) is 13.2 Å². The van der Waals surface area contributed by atoms with E-state index in [1.807, 2.05) is 0 Å². The van der Waals surface area contributed by atoms with Gasteiger partial charge in [-0.1, -0.05) is 6.07 Å². The zero-order valence-corrected chi connectivity index (χ0v) is 14.4. The number of pyridine rings is 1. The van der Waals surface area contributed by atoms with Crippen LogP contribution in [0.5, 0.6) is 5.75 Å². The molecule has 1 saturated heterocycles. The topological polar surface area (TPSA) is 51.7 Å². The van der Waals surface area contributed by atoms with E-state index >= 15 is 0 Å². The molecule has 2 heterocycles. The van der Waals surface area contributed by atoms with Crippen molar-refractivity contribution in [3.05, 3.63) is 58.6 Å². The Hall–Kier alpha value is -1.99. The van der Waals surface area contributed by atoms with Gasteiger partial charge in [0.25, 0.3) is 5.91 Å². The van der Waals surface area contributed by atoms with Crippen LogP contribution in [0.1, 0.15) is 10.5 Å². The third kappa shape index (κ3) is 4.30. The van der Waals surface area contributed by atoms with Gasteiger partial charge in [-0.05, 0) is 52.3 Å². The summed E-state index contributed by atoms with van der Waals surface area (Å²) >= 11 is 3.27. The molecular weight excluding hydrogens is 379 g/mol. The summed E-state index contributed by atoms with van der Waals surface area (Å²) in [5, 5.41) is 0. The minimum absolute atomic E-state index is 0.133. The molecule has 24 heavy (non-hydrogen) atoms. The lowest BCUT2D eigenvalue weighted by Gasteiger charge is -2.32. The van der Waals surface area contributed by atoms with Gasteiger partial charge in [0.1, 0.15) is 34.6 Å². The second kappa shape index (κ2) is 7.72. The maximum absolute atomic E-state index is 12.9. The van der Waals surface area contributed by atoms with Gasteiger partial charge in [-0.15, -0.1) is 0 Å². The molecule has 3 rings (SSSR count). The smallest absolute Gasteiger partial charge is 0.272 e. The Morgan fingerprint density at radius 2 is 2.12 bits per heavy atom. The highest BCUT2D eigenvalue weighted by Crippen LogP contribution is 2.15. The molecule has 0 radical (unpaired) electrons. The van der Waals surface area contributed by atoms with Crippen LogP contribution in [0.2, 0.25) is 0 Å². The number of benzene rings is 1. The number of halogens is 2. The molecule has 1 fully saturated rings. The van der Waals surface area contributed by atoms with E-state index in [9.17, 15) is 9.18 Å². The standard InChI is InChI=1S/C17H16BrFN2O3/c18-16-3-1-2-15(20-16)17(22)21-8-9-23-14(10-21)11-24-13-6-4-12(19)5-7-13/h1-7,14H,8-11H2/t14-/m1/s1. The number of rotatable bonds is 4. The van der Waals surface area contributed by atoms with E-state index < -0.39 is 0 Å². The van der Waals surface area contributed by atoms with Crippen LogP contribution in [-0.2, 0) is 4.74 Å². The zero-order chi connectivity index (χ0) is 16.9. The first kappa shape index (κ1) is 16.9. The van der Waals surface area contributed by atoms with E-state index in [0.29, 0.717) is 42.3 Å². The number of aromatic nitrogens is 1. The molecule has 1 aliphatic rings. The van der Waals surface area contributed by atoms with Gasteiger partial charge in [-0.2, -0.15) is 0 Å². The van der Waals surface area contributed by atoms with Crippen LogP contribution in [-0.4, -0.2) is 48.2 Å². The van der Waals surface area contributed by atoms with E-state index in [4.69, 9.17) is 9.47 Å². The molecule has 0 spiro atoms. The number of hydrogen-bond donors (Lipinski definition) is 0. The number of carbonyl (C=O) groups excluding carboxylic acids is 1. The Kier molecular flexibility index (Phi) is 5.42. The predicted molar refractivity (Wildman–Crippen MR) is 89.5 cm³/mol. The van der Waals surface area contributed by atoms with Gasteiger partial charge >= 0.3 is 0 Å². The molecule has 7 heteroatoms. The summed E-state index contributed by atoms with van der Waals surface area (Å²) < 4.78 is 24.7. The highest BCUT2D eigenvalue weighted by molar-refractivity contribution is 9.10. The van der Waals surface area contributed by atoms with Gasteiger partial charge < -0.3 is 14.4 Å². The van der Waals surface area contributed by atoms with Crippen molar-refractivity contribution < 1.29 is 18.7 Å². The number of morpholine rings is 1. The highest BCUT2D eigenvalue weighted by Gasteiger charge is 2.26. The molecule has 0 N–H and O–H groups in total. The van der Waals surface area contributed by atoms with Crippen molar-refractivity contribution >= 4 is 21.8 Å². The number of hydrogen-bond acceptors (Lipinski definition) is 4. The minimum atomic E-state index is -0.311. The Labute approximate surface area is 147 Å². The molecule has 5 nitrogen and oxygen atoms in total. The SMILES string of the molecule is O=C(c1cccc(Br)n1)N1CCO[C@@H](COc2ccc(F)cc2)C1. The molecule has 0 aliphatic carbocycles. The van der Waals surface area contributed by atoms with E-state index in [1.165, 1.54) is 12.1 Å². The van der Waals surface area contributed by atoms with Gasteiger partial charge in [-0.25, -0.2) is 9.37 Å². The fraction of sp³-hybridized carbons (Fsp3) is 0.294. The van der Waals surface area contributed by atoms with Crippen LogP contribution in [0, 0.1) is 5.82 Å². The Bertz CT molecular complexity index is 711. The summed E-state index contributed by atoms with van der Waals surface area (Å²) in [6.07, 6.45) is -0.236. The molecule has 0 unspecified atom stereocenters. The molecule has 0 bridgehead atoms. The van der Waals surface area contributed by atoms with Crippen LogP contribution in [0.3, 0.4) is 0 Å². The summed E-state index contributed by atoms with van der Waals surface area (Å²) in [4.78, 5) is 18.4. The van der Waals surface area contributed by atoms with Crippen molar-refractivity contribution in [2.45, 2.75) is 6.10 Å². The van der Waals surface area contributed by atoms with Gasteiger partial charge in [0, 0.05) is 6.54 Å². The van der Waals surface area contributed by atoms with Gasteiger partial charge in [0.15, 0.2) is 0 Å². The lowest BCUT2D eigenvalue weighted by molar-refractivity contribution is -0.0402. The number of carbonyl (C=O) groups is 1. The van der Waals surface area contributed by atoms with E-state index in [2.05, 4.69) is 20.9 Å². The highest BCUT2D eigenvalue weighted by atomic mass is 79.9. The van der Waals surface area contributed by atoms with Crippen LogP contribution < -0.4 is 4.74 Å². The third-order valence-corrected chi connectivity index (χ3v) is 4.05. The van der Waals surface area contributed by atoms with Crippen molar-refractivity contribution in [1.82, 2.24) is 9.88 Å². The van der Waals surface area contributed by atoms with Crippen molar-refractivity contribution in [3.63, 3.8) is 0 Å². The molecule has 1 atom stereocenters. The Morgan fingerprint density at radius 3 is 2.88 bits per heavy atom. The van der Waals surface area contributed by atoms with Crippen LogP contribution in [0.25, 0.3) is 0 Å². The number of amides is 1. The fourth-order valence-corrected chi connectivity index (χ4v) is 2.76. The first-order valence-electron chi connectivity index (χ1n) is 7.53. The molecular formula is C17H16BrFN2O3. The molecule has 1 aromatic carbocycles. The zero-order valence-electron chi connectivity index (χ0n) is 12.8. The molecule has 1 aromatic heterocycles. The first-order chi connectivity index (χ1) is 11.6. The maximum atomic E-state index is 12.9. The normalized spacial score (nSPS) is 17.6. The van der Waals surface area contributed by atoms with Crippen molar-refractivity contribution in [1.29, 1.82) is 0 Å². The van der Waals surface area contributed by atoms with Crippen LogP contribution in [0.15, 0.2) is 47.1 Å². The molecule has 0 saturated carbocycles. The summed E-state index contributed by atoms with van der Waals surface area (Å²) in [7, 11) is 0. The average Bonchev–Trinajstić information content (AvgIpc) is 2.61. The monoisotopic (exact) mass is 394 g/mol. The van der Waals surface area contributed by atoms with Crippen LogP contribution >= 0.6 is 15.9 Å². The van der Waals surface area contributed by atoms with Crippen molar-refractivity contribution in [2.24, 2.45) is 0 Å². The second-order valence-electron chi connectivity index (χ2n) is 5.35. The lowest BCUT2D eigenvalue weighted by atomic mass is 10.2. The van der Waals surface area contributed by atoms with E-state index in [0.717, 1.165) is 0 Å². The third-order valence-electron chi connectivity index (χ3n) is 3.61. The van der Waals surface area contributed by atoms with E-state index in [1.54, 1.807) is 35.2 Å². The Balaban J connectivity index is 1.57. The Morgan fingerprint density at radius 1 is 1.33 bits per heavy atom. The number of ether oxygens (including phenoxy) is 2. The van der Waals surface area contributed by atoms with Crippen molar-refractivity contribution in [3.8, 4) is 5.75 Å². The minimum Gasteiger partial charge on any atom is -0.491 e. The summed E-state index contributed by atoms with van der Waals surface area (Å²) in [6.45, 7) is 1.67. The summed E-state index contributed by atoms with van der Waals surface area (Å²) in [6, 6.07) is 11.0.